The molecule has 1 aromatic rings. The molecule has 0 aliphatic rings. The van der Waals surface area contributed by atoms with E-state index in [1.54, 1.807) is 0 Å². The molecule has 0 spiro atoms. The van der Waals surface area contributed by atoms with Crippen LogP contribution >= 0.6 is 14.0 Å². The van der Waals surface area contributed by atoms with Crippen LogP contribution in [-0.4, -0.2) is 11.4 Å². The summed E-state index contributed by atoms with van der Waals surface area (Å²) in [6, 6.07) is 10.4. The standard InChI is InChI=1S/C11H15BrGe/c1-13(2,12)10-6-9-11-7-4-3-5-8-11/h3-9H,10H2,1-2H3/b9-6+. The number of allylic oxidation sites excluding steroid dienone is 1. The van der Waals surface area contributed by atoms with Crippen molar-refractivity contribution in [2.75, 3.05) is 0 Å². The molecule has 0 saturated heterocycles. The van der Waals surface area contributed by atoms with Crippen molar-refractivity contribution in [3.8, 4) is 0 Å². The van der Waals surface area contributed by atoms with E-state index in [2.05, 4.69) is 61.9 Å². The average molecular weight is 300 g/mol. The Balaban J connectivity index is 2.51. The van der Waals surface area contributed by atoms with E-state index in [4.69, 9.17) is 0 Å². The van der Waals surface area contributed by atoms with Gasteiger partial charge in [0, 0.05) is 0 Å². The second-order valence-corrected chi connectivity index (χ2v) is 23.0. The van der Waals surface area contributed by atoms with Crippen molar-refractivity contribution in [2.45, 2.75) is 16.8 Å². The fourth-order valence-electron chi connectivity index (χ4n) is 1.04. The zero-order chi connectivity index (χ0) is 9.73. The SMILES string of the molecule is [CH3][Ge]([CH3])([Br])[CH2]/C=C/c1ccccc1. The summed E-state index contributed by atoms with van der Waals surface area (Å²) >= 11 is 2.25. The van der Waals surface area contributed by atoms with Gasteiger partial charge in [-0.3, -0.25) is 0 Å². The van der Waals surface area contributed by atoms with Gasteiger partial charge in [0.15, 0.2) is 0 Å². The first-order valence-electron chi connectivity index (χ1n) is 4.48. The molecule has 1 aromatic carbocycles. The van der Waals surface area contributed by atoms with Crippen LogP contribution in [0.1, 0.15) is 5.56 Å². The minimum absolute atomic E-state index is 1.23. The number of hydrogen-bond acceptors (Lipinski definition) is 0. The Labute approximate surface area is 90.0 Å². The first kappa shape index (κ1) is 11.1. The topological polar surface area (TPSA) is 0 Å². The molecule has 0 radical (unpaired) electrons. The molecule has 1 rings (SSSR count). The minimum atomic E-state index is -1.54. The average Bonchev–Trinajstić information content (AvgIpc) is 2.04. The summed E-state index contributed by atoms with van der Waals surface area (Å²) in [7, 11) is 0. The van der Waals surface area contributed by atoms with Crippen molar-refractivity contribution < 1.29 is 0 Å². The number of benzene rings is 1. The summed E-state index contributed by atoms with van der Waals surface area (Å²) in [5, 5.41) is 1.23. The molecule has 0 heterocycles. The van der Waals surface area contributed by atoms with E-state index in [0.717, 1.165) is 0 Å². The number of rotatable bonds is 3. The Morgan fingerprint density at radius 3 is 2.38 bits per heavy atom. The van der Waals surface area contributed by atoms with E-state index in [1.165, 1.54) is 10.8 Å². The second-order valence-electron chi connectivity index (χ2n) is 3.74. The molecular weight excluding hydrogens is 285 g/mol. The fraction of sp³-hybridized carbons (Fsp3) is 0.273. The van der Waals surface area contributed by atoms with E-state index in [9.17, 15) is 0 Å². The van der Waals surface area contributed by atoms with Crippen LogP contribution in [0.3, 0.4) is 0 Å². The van der Waals surface area contributed by atoms with Crippen LogP contribution in [0.5, 0.6) is 0 Å². The van der Waals surface area contributed by atoms with Crippen LogP contribution in [0, 0.1) is 0 Å². The van der Waals surface area contributed by atoms with E-state index < -0.39 is 11.4 Å². The monoisotopic (exact) mass is 300 g/mol. The van der Waals surface area contributed by atoms with Crippen molar-refractivity contribution in [3.05, 3.63) is 42.0 Å². The molecule has 13 heavy (non-hydrogen) atoms. The molecule has 0 saturated carbocycles. The molecule has 0 atom stereocenters. The number of halogens is 1. The third kappa shape index (κ3) is 5.32. The van der Waals surface area contributed by atoms with Gasteiger partial charge in [0.25, 0.3) is 0 Å². The van der Waals surface area contributed by atoms with E-state index in [0.29, 0.717) is 0 Å². The van der Waals surface area contributed by atoms with E-state index >= 15 is 0 Å². The van der Waals surface area contributed by atoms with Gasteiger partial charge < -0.3 is 0 Å². The molecule has 0 N–H and O–H groups in total. The number of hydrogen-bond donors (Lipinski definition) is 0. The zero-order valence-electron chi connectivity index (χ0n) is 8.13. The van der Waals surface area contributed by atoms with Crippen LogP contribution in [-0.2, 0) is 0 Å². The Kier molecular flexibility index (Phi) is 4.26. The zero-order valence-corrected chi connectivity index (χ0v) is 11.8. The van der Waals surface area contributed by atoms with Gasteiger partial charge in [-0.1, -0.05) is 0 Å². The molecule has 0 aromatic heterocycles. The maximum absolute atomic E-state index is 3.79. The maximum atomic E-state index is 3.79. The molecule has 0 amide bonds. The summed E-state index contributed by atoms with van der Waals surface area (Å²) < 4.78 is 0. The van der Waals surface area contributed by atoms with E-state index in [1.807, 2.05) is 6.07 Å². The molecular formula is C11H15BrGe. The normalized spacial score (nSPS) is 12.2. The molecule has 0 aliphatic heterocycles. The van der Waals surface area contributed by atoms with Crippen molar-refractivity contribution >= 4 is 31.5 Å². The van der Waals surface area contributed by atoms with Crippen LogP contribution in [0.15, 0.2) is 36.4 Å². The van der Waals surface area contributed by atoms with Crippen LogP contribution < -0.4 is 0 Å². The Morgan fingerprint density at radius 1 is 1.23 bits per heavy atom. The predicted molar refractivity (Wildman–Crippen MR) is 66.7 cm³/mol. The van der Waals surface area contributed by atoms with Crippen LogP contribution in [0.25, 0.3) is 6.08 Å². The molecule has 0 fully saturated rings. The summed E-state index contributed by atoms with van der Waals surface area (Å²) in [6.45, 7) is 0. The van der Waals surface area contributed by atoms with Crippen molar-refractivity contribution in [1.29, 1.82) is 0 Å². The van der Waals surface area contributed by atoms with Gasteiger partial charge in [-0.25, -0.2) is 0 Å². The van der Waals surface area contributed by atoms with Gasteiger partial charge in [0.2, 0.25) is 0 Å². The van der Waals surface area contributed by atoms with Crippen LogP contribution in [0.4, 0.5) is 0 Å². The predicted octanol–water partition coefficient (Wildman–Crippen LogP) is 4.30. The van der Waals surface area contributed by atoms with E-state index in [-0.39, 0.29) is 0 Å². The second kappa shape index (κ2) is 5.01. The Bertz CT molecular complexity index is 272. The van der Waals surface area contributed by atoms with Crippen molar-refractivity contribution in [2.24, 2.45) is 0 Å². The van der Waals surface area contributed by atoms with Gasteiger partial charge in [-0.15, -0.1) is 0 Å². The van der Waals surface area contributed by atoms with Gasteiger partial charge in [-0.05, 0) is 0 Å². The van der Waals surface area contributed by atoms with Gasteiger partial charge in [0.1, 0.15) is 0 Å². The molecule has 0 aliphatic carbocycles. The molecule has 0 unspecified atom stereocenters. The summed E-state index contributed by atoms with van der Waals surface area (Å²) in [5.41, 5.74) is 1.29. The fourth-order valence-corrected chi connectivity index (χ4v) is 3.43. The van der Waals surface area contributed by atoms with Crippen LogP contribution in [0.2, 0.25) is 16.8 Å². The summed E-state index contributed by atoms with van der Waals surface area (Å²) in [5.74, 6) is 4.71. The first-order valence-corrected chi connectivity index (χ1v) is 15.1. The van der Waals surface area contributed by atoms with Crippen molar-refractivity contribution in [1.82, 2.24) is 0 Å². The third-order valence-corrected chi connectivity index (χ3v) is 5.93. The van der Waals surface area contributed by atoms with Gasteiger partial charge >= 0.3 is 90.2 Å². The van der Waals surface area contributed by atoms with Gasteiger partial charge in [-0.2, -0.15) is 0 Å². The Morgan fingerprint density at radius 2 is 1.85 bits per heavy atom. The molecule has 70 valence electrons. The molecule has 0 bridgehead atoms. The first-order chi connectivity index (χ1) is 6.08. The molecule has 0 nitrogen and oxygen atoms in total. The summed E-state index contributed by atoms with van der Waals surface area (Å²) in [6.07, 6.45) is 4.48. The summed E-state index contributed by atoms with van der Waals surface area (Å²) in [4.78, 5) is 0. The van der Waals surface area contributed by atoms with Gasteiger partial charge in [0.05, 0.1) is 0 Å². The van der Waals surface area contributed by atoms with Crippen molar-refractivity contribution in [3.63, 3.8) is 0 Å². The molecule has 2 heteroatoms. The Hall–Kier alpha value is -0.0171. The quantitative estimate of drug-likeness (QED) is 0.730. The third-order valence-electron chi connectivity index (χ3n) is 1.71.